The van der Waals surface area contributed by atoms with E-state index in [2.05, 4.69) is 10.6 Å². The van der Waals surface area contributed by atoms with Crippen molar-refractivity contribution in [2.24, 2.45) is 0 Å². The van der Waals surface area contributed by atoms with Crippen LogP contribution in [0.3, 0.4) is 0 Å². The molecule has 7 nitrogen and oxygen atoms in total. The van der Waals surface area contributed by atoms with Gasteiger partial charge in [0.25, 0.3) is 5.69 Å². The Kier molecular flexibility index (Phi) is 4.41. The molecule has 0 radical (unpaired) electrons. The molecule has 0 unspecified atom stereocenters. The van der Waals surface area contributed by atoms with Crippen LogP contribution in [0.2, 0.25) is 0 Å². The molecule has 3 N–H and O–H groups in total. The number of hydrogen-bond acceptors (Lipinski definition) is 4. The van der Waals surface area contributed by atoms with Crippen molar-refractivity contribution in [2.75, 3.05) is 11.9 Å². The number of nitrogens with zero attached hydrogens (tertiary/aromatic N) is 1. The van der Waals surface area contributed by atoms with Crippen molar-refractivity contribution in [1.82, 2.24) is 5.32 Å². The van der Waals surface area contributed by atoms with E-state index in [-0.39, 0.29) is 12.2 Å². The third-order valence-electron chi connectivity index (χ3n) is 1.89. The number of carbonyl (C=O) groups is 1. The number of anilines is 1. The number of hydrogen-bond donors (Lipinski definition) is 3. The maximum Gasteiger partial charge on any atom is 0.319 e. The maximum absolute atomic E-state index is 11.3. The predicted octanol–water partition coefficient (Wildman–Crippen LogP) is 1.10. The average molecular weight is 239 g/mol. The molecular weight excluding hydrogens is 226 g/mol. The summed E-state index contributed by atoms with van der Waals surface area (Å²) in [6, 6.07) is 4.98. The van der Waals surface area contributed by atoms with Crippen LogP contribution in [0, 0.1) is 10.1 Å². The summed E-state index contributed by atoms with van der Waals surface area (Å²) in [5.41, 5.74) is 0.402. The van der Waals surface area contributed by atoms with E-state index in [0.717, 1.165) is 0 Å². The lowest BCUT2D eigenvalue weighted by Crippen LogP contribution is -2.34. The summed E-state index contributed by atoms with van der Waals surface area (Å²) in [6.07, 6.45) is -0.627. The van der Waals surface area contributed by atoms with Gasteiger partial charge in [0.15, 0.2) is 0 Å². The molecule has 0 saturated heterocycles. The smallest absolute Gasteiger partial charge is 0.319 e. The summed E-state index contributed by atoms with van der Waals surface area (Å²) in [5, 5.41) is 24.3. The Morgan fingerprint density at radius 2 is 2.06 bits per heavy atom. The topological polar surface area (TPSA) is 104 Å². The molecule has 0 aliphatic rings. The summed E-state index contributed by atoms with van der Waals surface area (Å²) >= 11 is 0. The summed E-state index contributed by atoms with van der Waals surface area (Å²) in [6.45, 7) is 1.69. The fourth-order valence-electron chi connectivity index (χ4n) is 1.08. The number of nitrogens with one attached hydrogen (secondary N) is 2. The van der Waals surface area contributed by atoms with Gasteiger partial charge in [0, 0.05) is 24.4 Å². The van der Waals surface area contributed by atoms with Gasteiger partial charge in [-0.05, 0) is 19.1 Å². The molecule has 0 bridgehead atoms. The standard InChI is InChI=1S/C10H13N3O4/c1-7(14)6-11-10(15)12-8-2-4-9(5-3-8)13(16)17/h2-5,7,14H,6H2,1H3,(H2,11,12,15)/t7-/m1/s1. The second kappa shape index (κ2) is 5.80. The zero-order valence-corrected chi connectivity index (χ0v) is 9.21. The van der Waals surface area contributed by atoms with Gasteiger partial charge in [0.1, 0.15) is 0 Å². The molecule has 0 heterocycles. The Morgan fingerprint density at radius 3 is 2.53 bits per heavy atom. The van der Waals surface area contributed by atoms with Gasteiger partial charge in [-0.3, -0.25) is 10.1 Å². The minimum absolute atomic E-state index is 0.0417. The second-order valence-electron chi connectivity index (χ2n) is 3.49. The molecule has 0 aliphatic carbocycles. The first-order valence-corrected chi connectivity index (χ1v) is 4.96. The van der Waals surface area contributed by atoms with E-state index in [4.69, 9.17) is 5.11 Å². The van der Waals surface area contributed by atoms with Crippen molar-refractivity contribution >= 4 is 17.4 Å². The van der Waals surface area contributed by atoms with Crippen LogP contribution in [0.1, 0.15) is 6.92 Å². The van der Waals surface area contributed by atoms with E-state index < -0.39 is 17.1 Å². The van der Waals surface area contributed by atoms with Gasteiger partial charge in [-0.15, -0.1) is 0 Å². The van der Waals surface area contributed by atoms with Gasteiger partial charge in [-0.25, -0.2) is 4.79 Å². The van der Waals surface area contributed by atoms with E-state index in [9.17, 15) is 14.9 Å². The number of amides is 2. The fourth-order valence-corrected chi connectivity index (χ4v) is 1.08. The van der Waals surface area contributed by atoms with Crippen LogP contribution >= 0.6 is 0 Å². The SMILES string of the molecule is C[C@@H](O)CNC(=O)Nc1ccc([N+](=O)[O-])cc1. The first-order chi connectivity index (χ1) is 7.99. The summed E-state index contributed by atoms with van der Waals surface area (Å²) in [7, 11) is 0. The van der Waals surface area contributed by atoms with Crippen molar-refractivity contribution in [3.05, 3.63) is 34.4 Å². The molecule has 1 atom stereocenters. The highest BCUT2D eigenvalue weighted by molar-refractivity contribution is 5.89. The molecule has 1 aromatic carbocycles. The fraction of sp³-hybridized carbons (Fsp3) is 0.300. The monoisotopic (exact) mass is 239 g/mol. The van der Waals surface area contributed by atoms with Gasteiger partial charge < -0.3 is 15.7 Å². The molecule has 7 heteroatoms. The van der Waals surface area contributed by atoms with Crippen molar-refractivity contribution < 1.29 is 14.8 Å². The quantitative estimate of drug-likeness (QED) is 0.540. The van der Waals surface area contributed by atoms with Gasteiger partial charge >= 0.3 is 6.03 Å². The number of urea groups is 1. The largest absolute Gasteiger partial charge is 0.392 e. The zero-order valence-electron chi connectivity index (χ0n) is 9.21. The van der Waals surface area contributed by atoms with Crippen LogP contribution in [0.4, 0.5) is 16.2 Å². The Hall–Kier alpha value is -2.15. The molecular formula is C10H13N3O4. The molecule has 1 aromatic rings. The summed E-state index contributed by atoms with van der Waals surface area (Å²) in [4.78, 5) is 21.1. The lowest BCUT2D eigenvalue weighted by atomic mass is 10.3. The highest BCUT2D eigenvalue weighted by Crippen LogP contribution is 2.14. The number of nitro groups is 1. The van der Waals surface area contributed by atoms with Crippen LogP contribution in [-0.4, -0.2) is 28.7 Å². The predicted molar refractivity (Wildman–Crippen MR) is 61.8 cm³/mol. The summed E-state index contributed by atoms with van der Waals surface area (Å²) in [5.74, 6) is 0. The van der Waals surface area contributed by atoms with E-state index >= 15 is 0 Å². The van der Waals surface area contributed by atoms with Gasteiger partial charge in [0.2, 0.25) is 0 Å². The van der Waals surface area contributed by atoms with Gasteiger partial charge in [-0.2, -0.15) is 0 Å². The number of aliphatic hydroxyl groups is 1. The van der Waals surface area contributed by atoms with E-state index in [1.807, 2.05) is 0 Å². The summed E-state index contributed by atoms with van der Waals surface area (Å²) < 4.78 is 0. The minimum atomic E-state index is -0.627. The van der Waals surface area contributed by atoms with E-state index in [1.165, 1.54) is 24.3 Å². The Balaban J connectivity index is 2.51. The number of nitro benzene ring substituents is 1. The Labute approximate surface area is 97.6 Å². The molecule has 0 aromatic heterocycles. The third kappa shape index (κ3) is 4.47. The Bertz CT molecular complexity index is 403. The van der Waals surface area contributed by atoms with E-state index in [0.29, 0.717) is 5.69 Å². The molecule has 1 rings (SSSR count). The normalized spacial score (nSPS) is 11.6. The average Bonchev–Trinajstić information content (AvgIpc) is 2.27. The van der Waals surface area contributed by atoms with Crippen LogP contribution in [0.5, 0.6) is 0 Å². The molecule has 2 amide bonds. The van der Waals surface area contributed by atoms with Crippen molar-refractivity contribution in [1.29, 1.82) is 0 Å². The number of aliphatic hydroxyl groups excluding tert-OH is 1. The van der Waals surface area contributed by atoms with Gasteiger partial charge in [0.05, 0.1) is 11.0 Å². The number of non-ortho nitro benzene ring substituents is 1. The third-order valence-corrected chi connectivity index (χ3v) is 1.89. The highest BCUT2D eigenvalue weighted by Gasteiger charge is 2.06. The first kappa shape index (κ1) is 12.9. The zero-order chi connectivity index (χ0) is 12.8. The highest BCUT2D eigenvalue weighted by atomic mass is 16.6. The molecule has 92 valence electrons. The van der Waals surface area contributed by atoms with Crippen LogP contribution in [0.25, 0.3) is 0 Å². The molecule has 0 fully saturated rings. The van der Waals surface area contributed by atoms with Crippen LogP contribution in [0.15, 0.2) is 24.3 Å². The molecule has 0 spiro atoms. The van der Waals surface area contributed by atoms with Crippen molar-refractivity contribution in [3.63, 3.8) is 0 Å². The minimum Gasteiger partial charge on any atom is -0.392 e. The molecule has 0 aliphatic heterocycles. The van der Waals surface area contributed by atoms with Gasteiger partial charge in [-0.1, -0.05) is 0 Å². The second-order valence-corrected chi connectivity index (χ2v) is 3.49. The Morgan fingerprint density at radius 1 is 1.47 bits per heavy atom. The lowest BCUT2D eigenvalue weighted by molar-refractivity contribution is -0.384. The molecule has 0 saturated carbocycles. The first-order valence-electron chi connectivity index (χ1n) is 4.96. The van der Waals surface area contributed by atoms with Crippen LogP contribution < -0.4 is 10.6 Å². The van der Waals surface area contributed by atoms with Crippen molar-refractivity contribution in [2.45, 2.75) is 13.0 Å². The number of rotatable bonds is 4. The number of carbonyl (C=O) groups excluding carboxylic acids is 1. The number of benzene rings is 1. The lowest BCUT2D eigenvalue weighted by Gasteiger charge is -2.08. The van der Waals surface area contributed by atoms with Crippen molar-refractivity contribution in [3.8, 4) is 0 Å². The molecule has 17 heavy (non-hydrogen) atoms. The van der Waals surface area contributed by atoms with E-state index in [1.54, 1.807) is 6.92 Å². The van der Waals surface area contributed by atoms with Crippen LogP contribution in [-0.2, 0) is 0 Å². The maximum atomic E-state index is 11.3.